The summed E-state index contributed by atoms with van der Waals surface area (Å²) >= 11 is 0. The highest BCUT2D eigenvalue weighted by molar-refractivity contribution is 6.15. The predicted molar refractivity (Wildman–Crippen MR) is 171 cm³/mol. The number of benzene rings is 5. The van der Waals surface area contributed by atoms with Gasteiger partial charge in [-0.3, -0.25) is 14.5 Å². The van der Waals surface area contributed by atoms with Crippen LogP contribution in [-0.2, 0) is 9.53 Å². The number of para-hydroxylation sites is 3. The molecule has 43 heavy (non-hydrogen) atoms. The standard InChI is InChI=1S/C37H27N3O3/c1-2-39-36(42)34(43-37(39)38-31-19-11-9-18-29(31)35(41)26-13-5-3-6-14-26)24-25-21-22-33-30(23-25)28-17-10-12-20-32(28)40(33)27-15-7-4-8-16-27/h3-24H,2H2,1H3/b34-24+,38-37-. The molecule has 0 spiro atoms. The number of rotatable bonds is 6. The molecule has 208 valence electrons. The molecule has 0 radical (unpaired) electrons. The first-order valence-electron chi connectivity index (χ1n) is 14.2. The van der Waals surface area contributed by atoms with Crippen molar-refractivity contribution in [2.45, 2.75) is 6.92 Å². The Hall–Kier alpha value is -5.75. The molecular formula is C37H27N3O3. The monoisotopic (exact) mass is 561 g/mol. The van der Waals surface area contributed by atoms with E-state index in [-0.39, 0.29) is 23.5 Å². The fraction of sp³-hybridized carbons (Fsp3) is 0.0541. The van der Waals surface area contributed by atoms with E-state index in [0.717, 1.165) is 33.1 Å². The van der Waals surface area contributed by atoms with Crippen LogP contribution in [0.4, 0.5) is 5.69 Å². The van der Waals surface area contributed by atoms with Crippen LogP contribution < -0.4 is 0 Å². The molecule has 0 unspecified atom stereocenters. The molecule has 0 saturated carbocycles. The average molecular weight is 562 g/mol. The normalized spacial score (nSPS) is 15.1. The number of ether oxygens (including phenoxy) is 1. The van der Waals surface area contributed by atoms with E-state index in [1.165, 1.54) is 4.90 Å². The molecule has 7 rings (SSSR count). The lowest BCUT2D eigenvalue weighted by Crippen LogP contribution is -2.29. The molecule has 1 saturated heterocycles. The van der Waals surface area contributed by atoms with Crippen molar-refractivity contribution in [2.24, 2.45) is 4.99 Å². The van der Waals surface area contributed by atoms with Gasteiger partial charge in [-0.25, -0.2) is 0 Å². The number of likely N-dealkylation sites (N-methyl/N-ethyl adjacent to an activating group) is 1. The SMILES string of the molecule is CCN1C(=O)/C(=C\c2ccc3c(c2)c2ccccc2n3-c2ccccc2)O/C1=N\c1ccccc1C(=O)c1ccccc1. The van der Waals surface area contributed by atoms with Crippen molar-refractivity contribution in [3.63, 3.8) is 0 Å². The van der Waals surface area contributed by atoms with Gasteiger partial charge in [-0.1, -0.05) is 84.9 Å². The number of amides is 1. The van der Waals surface area contributed by atoms with E-state index in [1.54, 1.807) is 36.4 Å². The Morgan fingerprint density at radius 3 is 2.23 bits per heavy atom. The smallest absolute Gasteiger partial charge is 0.305 e. The van der Waals surface area contributed by atoms with Crippen LogP contribution in [0.5, 0.6) is 0 Å². The van der Waals surface area contributed by atoms with Crippen molar-refractivity contribution in [1.82, 2.24) is 9.47 Å². The number of aromatic nitrogens is 1. The van der Waals surface area contributed by atoms with Crippen LogP contribution in [0.25, 0.3) is 33.6 Å². The maximum absolute atomic E-state index is 13.4. The quantitative estimate of drug-likeness (QED) is 0.153. The summed E-state index contributed by atoms with van der Waals surface area (Å²) in [5.74, 6) is -0.245. The maximum atomic E-state index is 13.4. The third kappa shape index (κ3) is 4.69. The summed E-state index contributed by atoms with van der Waals surface area (Å²) in [5, 5.41) is 2.20. The van der Waals surface area contributed by atoms with Crippen molar-refractivity contribution < 1.29 is 14.3 Å². The predicted octanol–water partition coefficient (Wildman–Crippen LogP) is 7.92. The van der Waals surface area contributed by atoms with Gasteiger partial charge < -0.3 is 9.30 Å². The Labute approximate surface area is 248 Å². The lowest BCUT2D eigenvalue weighted by atomic mass is 10.0. The van der Waals surface area contributed by atoms with E-state index in [9.17, 15) is 9.59 Å². The fourth-order valence-electron chi connectivity index (χ4n) is 5.57. The third-order valence-electron chi connectivity index (χ3n) is 7.61. The minimum absolute atomic E-state index is 0.147. The molecule has 1 aromatic heterocycles. The lowest BCUT2D eigenvalue weighted by Gasteiger charge is -2.11. The maximum Gasteiger partial charge on any atom is 0.305 e. The number of carbonyl (C=O) groups excluding carboxylic acids is 2. The van der Waals surface area contributed by atoms with Crippen LogP contribution in [0.1, 0.15) is 28.4 Å². The number of hydrogen-bond donors (Lipinski definition) is 0. The zero-order valence-corrected chi connectivity index (χ0v) is 23.5. The number of nitrogens with zero attached hydrogens (tertiary/aromatic N) is 3. The second-order valence-electron chi connectivity index (χ2n) is 10.2. The molecule has 2 heterocycles. The van der Waals surface area contributed by atoms with Crippen molar-refractivity contribution in [3.8, 4) is 5.69 Å². The number of fused-ring (bicyclic) bond motifs is 3. The molecular weight excluding hydrogens is 534 g/mol. The molecule has 6 heteroatoms. The van der Waals surface area contributed by atoms with Gasteiger partial charge in [0.2, 0.25) is 0 Å². The molecule has 0 aliphatic carbocycles. The summed E-state index contributed by atoms with van der Waals surface area (Å²) in [6.07, 6.45) is 1.75. The van der Waals surface area contributed by atoms with E-state index in [1.807, 2.05) is 67.6 Å². The first-order valence-corrected chi connectivity index (χ1v) is 14.2. The van der Waals surface area contributed by atoms with Crippen LogP contribution in [-0.4, -0.2) is 33.7 Å². The number of amidine groups is 1. The minimum Gasteiger partial charge on any atom is -0.419 e. The summed E-state index contributed by atoms with van der Waals surface area (Å²) in [5.41, 5.74) is 5.54. The molecule has 1 aliphatic rings. The summed E-state index contributed by atoms with van der Waals surface area (Å²) in [7, 11) is 0. The van der Waals surface area contributed by atoms with Gasteiger partial charge in [-0.05, 0) is 61.0 Å². The van der Waals surface area contributed by atoms with Crippen LogP contribution in [0.2, 0.25) is 0 Å². The van der Waals surface area contributed by atoms with Crippen LogP contribution in [0.15, 0.2) is 138 Å². The van der Waals surface area contributed by atoms with E-state index in [0.29, 0.717) is 23.4 Å². The number of aliphatic imine (C=N–C) groups is 1. The summed E-state index contributed by atoms with van der Waals surface area (Å²) in [4.78, 5) is 32.8. The number of ketones is 1. The zero-order valence-electron chi connectivity index (χ0n) is 23.5. The number of carbonyl (C=O) groups is 2. The van der Waals surface area contributed by atoms with E-state index >= 15 is 0 Å². The van der Waals surface area contributed by atoms with Gasteiger partial charge in [-0.15, -0.1) is 0 Å². The third-order valence-corrected chi connectivity index (χ3v) is 7.61. The van der Waals surface area contributed by atoms with Gasteiger partial charge in [0.25, 0.3) is 5.91 Å². The second kappa shape index (κ2) is 10.9. The number of hydrogen-bond acceptors (Lipinski definition) is 4. The highest BCUT2D eigenvalue weighted by Gasteiger charge is 2.34. The minimum atomic E-state index is -0.278. The summed E-state index contributed by atoms with van der Waals surface area (Å²) < 4.78 is 8.32. The van der Waals surface area contributed by atoms with Crippen LogP contribution in [0, 0.1) is 0 Å². The lowest BCUT2D eigenvalue weighted by molar-refractivity contribution is -0.122. The van der Waals surface area contributed by atoms with Crippen molar-refractivity contribution in [2.75, 3.05) is 6.54 Å². The van der Waals surface area contributed by atoms with E-state index < -0.39 is 0 Å². The molecule has 1 amide bonds. The largest absolute Gasteiger partial charge is 0.419 e. The van der Waals surface area contributed by atoms with Gasteiger partial charge in [0, 0.05) is 34.1 Å². The molecule has 5 aromatic carbocycles. The molecule has 0 atom stereocenters. The molecule has 6 nitrogen and oxygen atoms in total. The molecule has 1 aliphatic heterocycles. The van der Waals surface area contributed by atoms with E-state index in [2.05, 4.69) is 46.0 Å². The molecule has 1 fully saturated rings. The van der Waals surface area contributed by atoms with Crippen molar-refractivity contribution >= 4 is 51.3 Å². The molecule has 6 aromatic rings. The Kier molecular flexibility index (Phi) is 6.64. The highest BCUT2D eigenvalue weighted by atomic mass is 16.5. The average Bonchev–Trinajstić information content (AvgIpc) is 3.54. The van der Waals surface area contributed by atoms with Gasteiger partial charge in [0.1, 0.15) is 0 Å². The van der Waals surface area contributed by atoms with Crippen molar-refractivity contribution in [1.29, 1.82) is 0 Å². The zero-order chi connectivity index (χ0) is 29.3. The van der Waals surface area contributed by atoms with Crippen LogP contribution in [0.3, 0.4) is 0 Å². The van der Waals surface area contributed by atoms with Gasteiger partial charge in [0.05, 0.1) is 16.7 Å². The van der Waals surface area contributed by atoms with Gasteiger partial charge in [0.15, 0.2) is 11.5 Å². The second-order valence-corrected chi connectivity index (χ2v) is 10.2. The van der Waals surface area contributed by atoms with Gasteiger partial charge >= 0.3 is 6.02 Å². The first-order chi connectivity index (χ1) is 21.1. The van der Waals surface area contributed by atoms with Crippen molar-refractivity contribution in [3.05, 3.63) is 150 Å². The molecule has 0 bridgehead atoms. The summed E-state index contributed by atoms with van der Waals surface area (Å²) in [6, 6.07) is 41.0. The topological polar surface area (TPSA) is 63.9 Å². The Bertz CT molecular complexity index is 2080. The first kappa shape index (κ1) is 26.2. The Morgan fingerprint density at radius 2 is 1.44 bits per heavy atom. The Morgan fingerprint density at radius 1 is 0.767 bits per heavy atom. The highest BCUT2D eigenvalue weighted by Crippen LogP contribution is 2.33. The van der Waals surface area contributed by atoms with Crippen LogP contribution >= 0.6 is 0 Å². The summed E-state index contributed by atoms with van der Waals surface area (Å²) in [6.45, 7) is 2.23. The van der Waals surface area contributed by atoms with Gasteiger partial charge in [-0.2, -0.15) is 4.99 Å². The van der Waals surface area contributed by atoms with E-state index in [4.69, 9.17) is 4.74 Å². The fourth-order valence-corrected chi connectivity index (χ4v) is 5.57. The Balaban J connectivity index is 1.27. The molecule has 0 N–H and O–H groups in total.